The molecule has 0 unspecified atom stereocenters. The second kappa shape index (κ2) is 4.49. The third kappa shape index (κ3) is 2.05. The molecule has 0 fully saturated rings. The summed E-state index contributed by atoms with van der Waals surface area (Å²) in [6, 6.07) is 18.9. The molecule has 0 amide bonds. The average Bonchev–Trinajstić information content (AvgIpc) is 2.87. The van der Waals surface area contributed by atoms with Gasteiger partial charge in [0.05, 0.1) is 11.9 Å². The molecule has 0 radical (unpaired) electrons. The first kappa shape index (κ1) is 10.8. The fourth-order valence-electron chi connectivity index (χ4n) is 2.04. The van der Waals surface area contributed by atoms with Crippen LogP contribution in [-0.4, -0.2) is 9.97 Å². The van der Waals surface area contributed by atoms with Gasteiger partial charge in [0.25, 0.3) is 0 Å². The van der Waals surface area contributed by atoms with Gasteiger partial charge in [-0.05, 0) is 23.6 Å². The first-order chi connectivity index (χ1) is 8.83. The first-order valence-corrected chi connectivity index (χ1v) is 6.00. The predicted octanol–water partition coefficient (Wildman–Crippen LogP) is 4.05. The van der Waals surface area contributed by atoms with E-state index in [1.54, 1.807) is 0 Å². The van der Waals surface area contributed by atoms with Gasteiger partial charge < -0.3 is 4.98 Å². The van der Waals surface area contributed by atoms with Gasteiger partial charge in [-0.25, -0.2) is 4.98 Å². The number of hydrogen-bond donors (Lipinski definition) is 1. The van der Waals surface area contributed by atoms with Crippen LogP contribution in [0.4, 0.5) is 0 Å². The fourth-order valence-corrected chi connectivity index (χ4v) is 2.04. The van der Waals surface area contributed by atoms with Crippen molar-refractivity contribution in [2.75, 3.05) is 0 Å². The lowest BCUT2D eigenvalue weighted by molar-refractivity contribution is 1.15. The Balaban J connectivity index is 1.94. The van der Waals surface area contributed by atoms with E-state index in [4.69, 9.17) is 0 Å². The summed E-state index contributed by atoms with van der Waals surface area (Å²) in [5.41, 5.74) is 4.70. The van der Waals surface area contributed by atoms with Crippen molar-refractivity contribution in [1.29, 1.82) is 0 Å². The monoisotopic (exact) mass is 234 g/mol. The second-order valence-corrected chi connectivity index (χ2v) is 4.33. The van der Waals surface area contributed by atoms with Crippen LogP contribution in [0, 0.1) is 6.92 Å². The molecule has 1 heterocycles. The van der Waals surface area contributed by atoms with E-state index in [2.05, 4.69) is 58.5 Å². The van der Waals surface area contributed by atoms with Crippen LogP contribution in [0.3, 0.4) is 0 Å². The number of rotatable bonds is 2. The molecular weight excluding hydrogens is 220 g/mol. The van der Waals surface area contributed by atoms with Crippen molar-refractivity contribution in [2.45, 2.75) is 6.92 Å². The molecule has 2 aromatic carbocycles. The van der Waals surface area contributed by atoms with Crippen molar-refractivity contribution in [3.05, 3.63) is 66.6 Å². The summed E-state index contributed by atoms with van der Waals surface area (Å²) in [6.45, 7) is 1.96. The van der Waals surface area contributed by atoms with Crippen LogP contribution in [0.25, 0.3) is 22.4 Å². The van der Waals surface area contributed by atoms with Gasteiger partial charge in [-0.3, -0.25) is 0 Å². The molecule has 0 aliphatic rings. The fraction of sp³-hybridized carbons (Fsp3) is 0.0625. The summed E-state index contributed by atoms with van der Waals surface area (Å²) in [5.74, 6) is 0.942. The lowest BCUT2D eigenvalue weighted by Crippen LogP contribution is -1.80. The smallest absolute Gasteiger partial charge is 0.103 e. The summed E-state index contributed by atoms with van der Waals surface area (Å²) in [4.78, 5) is 7.46. The van der Waals surface area contributed by atoms with Crippen molar-refractivity contribution in [1.82, 2.24) is 9.97 Å². The number of imidazole rings is 1. The SMILES string of the molecule is Cc1ncc(-c2ccc(-c3ccccc3)cc2)[nH]1. The zero-order chi connectivity index (χ0) is 12.4. The molecule has 0 aliphatic heterocycles. The molecule has 1 aromatic heterocycles. The summed E-state index contributed by atoms with van der Waals surface area (Å²) in [6.07, 6.45) is 1.87. The lowest BCUT2D eigenvalue weighted by Gasteiger charge is -2.03. The largest absolute Gasteiger partial charge is 0.342 e. The third-order valence-electron chi connectivity index (χ3n) is 3.01. The van der Waals surface area contributed by atoms with Gasteiger partial charge in [0.2, 0.25) is 0 Å². The molecule has 88 valence electrons. The van der Waals surface area contributed by atoms with Crippen molar-refractivity contribution >= 4 is 0 Å². The van der Waals surface area contributed by atoms with Crippen LogP contribution in [0.15, 0.2) is 60.8 Å². The minimum Gasteiger partial charge on any atom is -0.342 e. The molecular formula is C16H14N2. The molecule has 0 spiro atoms. The zero-order valence-electron chi connectivity index (χ0n) is 10.2. The van der Waals surface area contributed by atoms with E-state index in [9.17, 15) is 0 Å². The molecule has 1 N–H and O–H groups in total. The molecule has 0 bridgehead atoms. The Morgan fingerprint density at radius 1 is 0.778 bits per heavy atom. The van der Waals surface area contributed by atoms with Crippen LogP contribution >= 0.6 is 0 Å². The number of aryl methyl sites for hydroxylation is 1. The first-order valence-electron chi connectivity index (χ1n) is 6.00. The zero-order valence-corrected chi connectivity index (χ0v) is 10.2. The van der Waals surface area contributed by atoms with Gasteiger partial charge in [0.1, 0.15) is 5.82 Å². The van der Waals surface area contributed by atoms with Gasteiger partial charge in [-0.1, -0.05) is 54.6 Å². The Bertz CT molecular complexity index is 636. The van der Waals surface area contributed by atoms with Gasteiger partial charge in [0, 0.05) is 0 Å². The Kier molecular flexibility index (Phi) is 2.69. The molecule has 0 atom stereocenters. The number of aromatic amines is 1. The summed E-state index contributed by atoms with van der Waals surface area (Å²) in [5, 5.41) is 0. The molecule has 2 heteroatoms. The van der Waals surface area contributed by atoms with Crippen LogP contribution < -0.4 is 0 Å². The molecule has 3 aromatic rings. The highest BCUT2D eigenvalue weighted by atomic mass is 14.9. The highest BCUT2D eigenvalue weighted by molar-refractivity contribution is 5.68. The minimum absolute atomic E-state index is 0.942. The molecule has 2 nitrogen and oxygen atoms in total. The Labute approximate surface area is 106 Å². The topological polar surface area (TPSA) is 28.7 Å². The molecule has 0 aliphatic carbocycles. The van der Waals surface area contributed by atoms with E-state index in [1.165, 1.54) is 11.1 Å². The molecule has 18 heavy (non-hydrogen) atoms. The second-order valence-electron chi connectivity index (χ2n) is 4.33. The summed E-state index contributed by atoms with van der Waals surface area (Å²) >= 11 is 0. The van der Waals surface area contributed by atoms with Gasteiger partial charge in [0.15, 0.2) is 0 Å². The van der Waals surface area contributed by atoms with Crippen molar-refractivity contribution in [2.24, 2.45) is 0 Å². The van der Waals surface area contributed by atoms with E-state index >= 15 is 0 Å². The molecule has 0 saturated carbocycles. The average molecular weight is 234 g/mol. The van der Waals surface area contributed by atoms with Crippen LogP contribution in [0.2, 0.25) is 0 Å². The minimum atomic E-state index is 0.942. The standard InChI is InChI=1S/C16H14N2/c1-12-17-11-16(18-12)15-9-7-14(8-10-15)13-5-3-2-4-6-13/h2-11H,1H3,(H,17,18). The lowest BCUT2D eigenvalue weighted by atomic mass is 10.0. The quantitative estimate of drug-likeness (QED) is 0.712. The normalized spacial score (nSPS) is 10.5. The highest BCUT2D eigenvalue weighted by Crippen LogP contribution is 2.23. The number of aromatic nitrogens is 2. The number of H-pyrrole nitrogens is 1. The number of benzene rings is 2. The van der Waals surface area contributed by atoms with E-state index in [1.807, 2.05) is 19.2 Å². The van der Waals surface area contributed by atoms with Crippen LogP contribution in [0.5, 0.6) is 0 Å². The highest BCUT2D eigenvalue weighted by Gasteiger charge is 2.01. The van der Waals surface area contributed by atoms with Gasteiger partial charge >= 0.3 is 0 Å². The van der Waals surface area contributed by atoms with Crippen molar-refractivity contribution in [3.8, 4) is 22.4 Å². The van der Waals surface area contributed by atoms with Gasteiger partial charge in [-0.15, -0.1) is 0 Å². The number of hydrogen-bond acceptors (Lipinski definition) is 1. The van der Waals surface area contributed by atoms with E-state index < -0.39 is 0 Å². The Hall–Kier alpha value is -2.35. The third-order valence-corrected chi connectivity index (χ3v) is 3.01. The Morgan fingerprint density at radius 2 is 1.39 bits per heavy atom. The van der Waals surface area contributed by atoms with Crippen LogP contribution in [-0.2, 0) is 0 Å². The Morgan fingerprint density at radius 3 is 2.00 bits per heavy atom. The maximum absolute atomic E-state index is 4.22. The van der Waals surface area contributed by atoms with E-state index in [0.29, 0.717) is 0 Å². The number of nitrogens with zero attached hydrogens (tertiary/aromatic N) is 1. The van der Waals surface area contributed by atoms with E-state index in [-0.39, 0.29) is 0 Å². The summed E-state index contributed by atoms with van der Waals surface area (Å²) < 4.78 is 0. The van der Waals surface area contributed by atoms with Crippen molar-refractivity contribution < 1.29 is 0 Å². The van der Waals surface area contributed by atoms with Crippen molar-refractivity contribution in [3.63, 3.8) is 0 Å². The van der Waals surface area contributed by atoms with Gasteiger partial charge in [-0.2, -0.15) is 0 Å². The predicted molar refractivity (Wildman–Crippen MR) is 74.2 cm³/mol. The maximum Gasteiger partial charge on any atom is 0.103 e. The number of nitrogens with one attached hydrogen (secondary N) is 1. The molecule has 3 rings (SSSR count). The van der Waals surface area contributed by atoms with Crippen LogP contribution in [0.1, 0.15) is 5.82 Å². The maximum atomic E-state index is 4.22. The molecule has 0 saturated heterocycles. The summed E-state index contributed by atoms with van der Waals surface area (Å²) in [7, 11) is 0. The van der Waals surface area contributed by atoms with E-state index in [0.717, 1.165) is 17.1 Å².